The van der Waals surface area contributed by atoms with Crippen LogP contribution in [0.1, 0.15) is 21.0 Å². The minimum atomic E-state index is -0.696. The van der Waals surface area contributed by atoms with Crippen LogP contribution in [-0.4, -0.2) is 36.1 Å². The molecule has 2 aromatic rings. The van der Waals surface area contributed by atoms with Gasteiger partial charge in [0.1, 0.15) is 5.82 Å². The molecule has 0 bridgehead atoms. The van der Waals surface area contributed by atoms with Crippen molar-refractivity contribution < 1.29 is 19.1 Å². The third-order valence-electron chi connectivity index (χ3n) is 2.52. The van der Waals surface area contributed by atoms with Gasteiger partial charge < -0.3 is 14.5 Å². The first-order valence-corrected chi connectivity index (χ1v) is 5.49. The van der Waals surface area contributed by atoms with E-state index in [0.717, 1.165) is 5.56 Å². The number of nitrogens with zero attached hydrogens (tertiary/aromatic N) is 1. The maximum atomic E-state index is 11.6. The van der Waals surface area contributed by atoms with E-state index in [1.165, 1.54) is 14.2 Å². The number of aromatic amines is 1. The highest BCUT2D eigenvalue weighted by Crippen LogP contribution is 2.19. The summed E-state index contributed by atoms with van der Waals surface area (Å²) in [6.45, 7) is 0. The zero-order valence-electron chi connectivity index (χ0n) is 10.5. The molecule has 6 heteroatoms. The van der Waals surface area contributed by atoms with Gasteiger partial charge in [-0.1, -0.05) is 30.3 Å². The first-order valence-electron chi connectivity index (χ1n) is 5.49. The Morgan fingerprint density at radius 3 is 2.26 bits per heavy atom. The van der Waals surface area contributed by atoms with Crippen LogP contribution in [0.4, 0.5) is 0 Å². The van der Waals surface area contributed by atoms with E-state index in [1.807, 2.05) is 18.2 Å². The summed E-state index contributed by atoms with van der Waals surface area (Å²) in [7, 11) is 2.45. The van der Waals surface area contributed by atoms with E-state index in [1.54, 1.807) is 12.1 Å². The minimum Gasteiger partial charge on any atom is -0.464 e. The predicted molar refractivity (Wildman–Crippen MR) is 66.7 cm³/mol. The molecule has 6 nitrogen and oxygen atoms in total. The Balaban J connectivity index is 2.52. The summed E-state index contributed by atoms with van der Waals surface area (Å²) in [5.74, 6) is -0.963. The van der Waals surface area contributed by atoms with Gasteiger partial charge in [-0.05, 0) is 0 Å². The van der Waals surface area contributed by atoms with Crippen LogP contribution in [-0.2, 0) is 9.47 Å². The summed E-state index contributed by atoms with van der Waals surface area (Å²) >= 11 is 0. The van der Waals surface area contributed by atoms with E-state index in [0.29, 0.717) is 5.82 Å². The standard InChI is InChI=1S/C13H12N2O4/c1-18-12(16)9-10(13(17)19-2)15-11(14-9)8-6-4-3-5-7-8/h3-7H,1-2H3,(H,14,15). The van der Waals surface area contributed by atoms with Gasteiger partial charge in [0.15, 0.2) is 11.4 Å². The lowest BCUT2D eigenvalue weighted by Gasteiger charge is -1.98. The number of H-pyrrole nitrogens is 1. The Hall–Kier alpha value is -2.63. The Morgan fingerprint density at radius 2 is 1.68 bits per heavy atom. The quantitative estimate of drug-likeness (QED) is 0.848. The fraction of sp³-hybridized carbons (Fsp3) is 0.154. The number of benzene rings is 1. The molecule has 0 atom stereocenters. The van der Waals surface area contributed by atoms with E-state index in [-0.39, 0.29) is 11.4 Å². The minimum absolute atomic E-state index is 0.0202. The fourth-order valence-corrected chi connectivity index (χ4v) is 1.60. The molecule has 19 heavy (non-hydrogen) atoms. The second-order valence-corrected chi connectivity index (χ2v) is 3.66. The zero-order chi connectivity index (χ0) is 13.8. The average Bonchev–Trinajstić information content (AvgIpc) is 2.91. The first kappa shape index (κ1) is 12.8. The van der Waals surface area contributed by atoms with Gasteiger partial charge in [-0.25, -0.2) is 14.6 Å². The number of esters is 2. The molecule has 98 valence electrons. The van der Waals surface area contributed by atoms with Crippen molar-refractivity contribution in [3.8, 4) is 11.4 Å². The first-order chi connectivity index (χ1) is 9.17. The number of ether oxygens (including phenoxy) is 2. The maximum Gasteiger partial charge on any atom is 0.359 e. The van der Waals surface area contributed by atoms with E-state index in [9.17, 15) is 9.59 Å². The Bertz CT molecular complexity index is 571. The molecule has 1 heterocycles. The average molecular weight is 260 g/mol. The number of hydrogen-bond acceptors (Lipinski definition) is 5. The molecule has 0 aliphatic carbocycles. The van der Waals surface area contributed by atoms with Crippen molar-refractivity contribution in [3.05, 3.63) is 41.7 Å². The van der Waals surface area contributed by atoms with Gasteiger partial charge in [-0.2, -0.15) is 0 Å². The summed E-state index contributed by atoms with van der Waals surface area (Å²) < 4.78 is 9.19. The molecule has 1 aromatic heterocycles. The number of rotatable bonds is 3. The molecule has 0 radical (unpaired) electrons. The lowest BCUT2D eigenvalue weighted by Crippen LogP contribution is -2.11. The highest BCUT2D eigenvalue weighted by atomic mass is 16.5. The van der Waals surface area contributed by atoms with Gasteiger partial charge in [0, 0.05) is 5.56 Å². The van der Waals surface area contributed by atoms with E-state index in [4.69, 9.17) is 0 Å². The number of methoxy groups -OCH3 is 2. The number of nitrogens with one attached hydrogen (secondary N) is 1. The smallest absolute Gasteiger partial charge is 0.359 e. The van der Waals surface area contributed by atoms with Crippen LogP contribution in [0, 0.1) is 0 Å². The molecule has 0 saturated carbocycles. The van der Waals surface area contributed by atoms with Crippen molar-refractivity contribution in [1.29, 1.82) is 0 Å². The Labute approximate surface area is 109 Å². The van der Waals surface area contributed by atoms with E-state index < -0.39 is 11.9 Å². The van der Waals surface area contributed by atoms with Gasteiger partial charge in [0.25, 0.3) is 0 Å². The number of carbonyl (C=O) groups is 2. The number of imidazole rings is 1. The van der Waals surface area contributed by atoms with Gasteiger partial charge >= 0.3 is 11.9 Å². The van der Waals surface area contributed by atoms with E-state index >= 15 is 0 Å². The monoisotopic (exact) mass is 260 g/mol. The second-order valence-electron chi connectivity index (χ2n) is 3.66. The van der Waals surface area contributed by atoms with Crippen LogP contribution < -0.4 is 0 Å². The third kappa shape index (κ3) is 2.47. The highest BCUT2D eigenvalue weighted by molar-refractivity contribution is 6.01. The predicted octanol–water partition coefficient (Wildman–Crippen LogP) is 1.65. The van der Waals surface area contributed by atoms with Crippen molar-refractivity contribution >= 4 is 11.9 Å². The van der Waals surface area contributed by atoms with Crippen LogP contribution in [0.15, 0.2) is 30.3 Å². The molecular formula is C13H12N2O4. The molecule has 0 unspecified atom stereocenters. The van der Waals surface area contributed by atoms with Crippen LogP contribution >= 0.6 is 0 Å². The van der Waals surface area contributed by atoms with Crippen molar-refractivity contribution in [2.75, 3.05) is 14.2 Å². The Kier molecular flexibility index (Phi) is 3.61. The van der Waals surface area contributed by atoms with E-state index in [2.05, 4.69) is 19.4 Å². The summed E-state index contributed by atoms with van der Waals surface area (Å²) in [5.41, 5.74) is 0.643. The SMILES string of the molecule is COC(=O)c1nc(-c2ccccc2)[nH]c1C(=O)OC. The van der Waals surface area contributed by atoms with Gasteiger partial charge in [0.05, 0.1) is 14.2 Å². The van der Waals surface area contributed by atoms with Gasteiger partial charge in [-0.3, -0.25) is 0 Å². The normalized spacial score (nSPS) is 10.0. The van der Waals surface area contributed by atoms with Crippen LogP contribution in [0.3, 0.4) is 0 Å². The number of hydrogen-bond donors (Lipinski definition) is 1. The lowest BCUT2D eigenvalue weighted by molar-refractivity contribution is 0.0548. The van der Waals surface area contributed by atoms with Crippen molar-refractivity contribution in [3.63, 3.8) is 0 Å². The molecule has 1 aromatic carbocycles. The fourth-order valence-electron chi connectivity index (χ4n) is 1.60. The number of aromatic nitrogens is 2. The summed E-state index contributed by atoms with van der Waals surface area (Å²) in [4.78, 5) is 30.1. The third-order valence-corrected chi connectivity index (χ3v) is 2.52. The molecule has 0 spiro atoms. The maximum absolute atomic E-state index is 11.6. The zero-order valence-corrected chi connectivity index (χ0v) is 10.5. The summed E-state index contributed by atoms with van der Waals surface area (Å²) in [6.07, 6.45) is 0. The molecule has 0 saturated heterocycles. The number of carbonyl (C=O) groups excluding carboxylic acids is 2. The van der Waals surface area contributed by atoms with Crippen LogP contribution in [0.25, 0.3) is 11.4 Å². The largest absolute Gasteiger partial charge is 0.464 e. The molecule has 1 N–H and O–H groups in total. The topological polar surface area (TPSA) is 81.3 Å². The molecule has 0 amide bonds. The highest BCUT2D eigenvalue weighted by Gasteiger charge is 2.24. The van der Waals surface area contributed by atoms with Gasteiger partial charge in [-0.15, -0.1) is 0 Å². The second kappa shape index (κ2) is 5.34. The lowest BCUT2D eigenvalue weighted by atomic mass is 10.2. The van der Waals surface area contributed by atoms with Crippen molar-refractivity contribution in [2.45, 2.75) is 0 Å². The molecular weight excluding hydrogens is 248 g/mol. The summed E-state index contributed by atoms with van der Waals surface area (Å²) in [5, 5.41) is 0. The van der Waals surface area contributed by atoms with Crippen LogP contribution in [0.2, 0.25) is 0 Å². The molecule has 0 aliphatic heterocycles. The molecule has 0 aliphatic rings. The summed E-state index contributed by atoms with van der Waals surface area (Å²) in [6, 6.07) is 9.12. The van der Waals surface area contributed by atoms with Gasteiger partial charge in [0.2, 0.25) is 0 Å². The van der Waals surface area contributed by atoms with Crippen molar-refractivity contribution in [1.82, 2.24) is 9.97 Å². The van der Waals surface area contributed by atoms with Crippen molar-refractivity contribution in [2.24, 2.45) is 0 Å². The molecule has 0 fully saturated rings. The Morgan fingerprint density at radius 1 is 1.05 bits per heavy atom. The molecule has 2 rings (SSSR count). The van der Waals surface area contributed by atoms with Crippen LogP contribution in [0.5, 0.6) is 0 Å².